The topological polar surface area (TPSA) is 46.5 Å². The number of esters is 1. The van der Waals surface area contributed by atoms with E-state index in [1.165, 1.54) is 32.1 Å². The molecule has 1 N–H and O–H groups in total. The lowest BCUT2D eigenvalue weighted by atomic mass is 9.87. The number of aliphatic hydroxyl groups excluding tert-OH is 1. The highest BCUT2D eigenvalue weighted by Gasteiger charge is 2.17. The van der Waals surface area contributed by atoms with Crippen LogP contribution in [0.4, 0.5) is 0 Å². The minimum atomic E-state index is -0.382. The zero-order valence-corrected chi connectivity index (χ0v) is 9.58. The first-order valence-electron chi connectivity index (χ1n) is 6.02. The number of hydrogen-bond acceptors (Lipinski definition) is 3. The third-order valence-corrected chi connectivity index (χ3v) is 2.98. The number of hydrogen-bond donors (Lipinski definition) is 1. The number of carbonyl (C=O) groups excluding carboxylic acids is 1. The summed E-state index contributed by atoms with van der Waals surface area (Å²) in [5, 5.41) is 9.00. The van der Waals surface area contributed by atoms with Crippen LogP contribution in [0.1, 0.15) is 51.9 Å². The predicted molar refractivity (Wildman–Crippen MR) is 58.4 cm³/mol. The van der Waals surface area contributed by atoms with Crippen molar-refractivity contribution >= 4 is 5.97 Å². The summed E-state index contributed by atoms with van der Waals surface area (Å²) in [5.74, 6) is 0.445. The van der Waals surface area contributed by atoms with Crippen molar-refractivity contribution < 1.29 is 14.6 Å². The van der Waals surface area contributed by atoms with E-state index >= 15 is 0 Å². The van der Waals surface area contributed by atoms with Crippen LogP contribution in [0.2, 0.25) is 0 Å². The molecule has 0 aromatic heterocycles. The van der Waals surface area contributed by atoms with Crippen LogP contribution in [0, 0.1) is 5.92 Å². The van der Waals surface area contributed by atoms with E-state index in [-0.39, 0.29) is 12.1 Å². The first-order chi connectivity index (χ1) is 7.18. The van der Waals surface area contributed by atoms with Gasteiger partial charge in [-0.2, -0.15) is 0 Å². The third kappa shape index (κ3) is 5.78. The maximum absolute atomic E-state index is 11.4. The third-order valence-electron chi connectivity index (χ3n) is 2.98. The molecule has 0 aliphatic heterocycles. The number of ether oxygens (including phenoxy) is 1. The SMILES string of the molecule is CC(O)CCOC(=O)CC1CCCCC1. The van der Waals surface area contributed by atoms with Gasteiger partial charge in [0.25, 0.3) is 0 Å². The van der Waals surface area contributed by atoms with Crippen LogP contribution in [-0.4, -0.2) is 23.8 Å². The Balaban J connectivity index is 2.06. The second kappa shape index (κ2) is 6.83. The van der Waals surface area contributed by atoms with Gasteiger partial charge in [-0.25, -0.2) is 0 Å². The van der Waals surface area contributed by atoms with E-state index in [0.717, 1.165) is 0 Å². The average molecular weight is 214 g/mol. The van der Waals surface area contributed by atoms with Crippen molar-refractivity contribution in [3.8, 4) is 0 Å². The normalized spacial score (nSPS) is 19.9. The maximum atomic E-state index is 11.4. The smallest absolute Gasteiger partial charge is 0.306 e. The number of rotatable bonds is 5. The van der Waals surface area contributed by atoms with E-state index in [0.29, 0.717) is 25.4 Å². The van der Waals surface area contributed by atoms with Crippen LogP contribution in [0.3, 0.4) is 0 Å². The highest BCUT2D eigenvalue weighted by molar-refractivity contribution is 5.69. The Morgan fingerprint density at radius 1 is 1.40 bits per heavy atom. The van der Waals surface area contributed by atoms with E-state index in [1.54, 1.807) is 6.92 Å². The van der Waals surface area contributed by atoms with Gasteiger partial charge in [0.2, 0.25) is 0 Å². The minimum Gasteiger partial charge on any atom is -0.466 e. The molecule has 3 nitrogen and oxygen atoms in total. The fraction of sp³-hybridized carbons (Fsp3) is 0.917. The molecule has 0 radical (unpaired) electrons. The fourth-order valence-corrected chi connectivity index (χ4v) is 2.03. The van der Waals surface area contributed by atoms with Crippen LogP contribution < -0.4 is 0 Å². The summed E-state index contributed by atoms with van der Waals surface area (Å²) in [6.07, 6.45) is 6.89. The van der Waals surface area contributed by atoms with Crippen molar-refractivity contribution in [3.63, 3.8) is 0 Å². The second-order valence-electron chi connectivity index (χ2n) is 4.57. The lowest BCUT2D eigenvalue weighted by Crippen LogP contribution is -2.16. The monoisotopic (exact) mass is 214 g/mol. The molecule has 0 heterocycles. The average Bonchev–Trinajstić information content (AvgIpc) is 2.18. The molecule has 88 valence electrons. The minimum absolute atomic E-state index is 0.0949. The van der Waals surface area contributed by atoms with Gasteiger partial charge < -0.3 is 9.84 Å². The van der Waals surface area contributed by atoms with Gasteiger partial charge in [0.15, 0.2) is 0 Å². The van der Waals surface area contributed by atoms with Gasteiger partial charge in [-0.15, -0.1) is 0 Å². The summed E-state index contributed by atoms with van der Waals surface area (Å²) < 4.78 is 5.06. The van der Waals surface area contributed by atoms with Crippen molar-refractivity contribution in [1.29, 1.82) is 0 Å². The summed E-state index contributed by atoms with van der Waals surface area (Å²) in [4.78, 5) is 11.4. The lowest BCUT2D eigenvalue weighted by Gasteiger charge is -2.20. The van der Waals surface area contributed by atoms with Gasteiger partial charge in [0.1, 0.15) is 0 Å². The van der Waals surface area contributed by atoms with Crippen molar-refractivity contribution in [2.45, 2.75) is 58.0 Å². The molecule has 1 saturated carbocycles. The standard InChI is InChI=1S/C12H22O3/c1-10(13)7-8-15-12(14)9-11-5-3-2-4-6-11/h10-11,13H,2-9H2,1H3. The molecule has 0 spiro atoms. The van der Waals surface area contributed by atoms with Crippen molar-refractivity contribution in [3.05, 3.63) is 0 Å². The van der Waals surface area contributed by atoms with Gasteiger partial charge in [-0.05, 0) is 25.7 Å². The lowest BCUT2D eigenvalue weighted by molar-refractivity contribution is -0.145. The van der Waals surface area contributed by atoms with E-state index in [4.69, 9.17) is 9.84 Å². The molecule has 0 aromatic carbocycles. The molecule has 0 aromatic rings. The Morgan fingerprint density at radius 2 is 2.07 bits per heavy atom. The number of carbonyl (C=O) groups is 1. The quantitative estimate of drug-likeness (QED) is 0.714. The second-order valence-corrected chi connectivity index (χ2v) is 4.57. The molecule has 1 rings (SSSR count). The molecule has 15 heavy (non-hydrogen) atoms. The molecule has 1 atom stereocenters. The fourth-order valence-electron chi connectivity index (χ4n) is 2.03. The molecule has 0 bridgehead atoms. The van der Waals surface area contributed by atoms with Gasteiger partial charge >= 0.3 is 5.97 Å². The Hall–Kier alpha value is -0.570. The molecule has 1 aliphatic carbocycles. The Morgan fingerprint density at radius 3 is 2.67 bits per heavy atom. The Bertz CT molecular complexity index is 183. The highest BCUT2D eigenvalue weighted by Crippen LogP contribution is 2.26. The van der Waals surface area contributed by atoms with Crippen molar-refractivity contribution in [2.75, 3.05) is 6.61 Å². The van der Waals surface area contributed by atoms with E-state index in [9.17, 15) is 4.79 Å². The Labute approximate surface area is 91.8 Å². The molecule has 0 saturated heterocycles. The largest absolute Gasteiger partial charge is 0.466 e. The van der Waals surface area contributed by atoms with Crippen LogP contribution in [0.5, 0.6) is 0 Å². The zero-order chi connectivity index (χ0) is 11.1. The van der Waals surface area contributed by atoms with E-state index in [2.05, 4.69) is 0 Å². The summed E-state index contributed by atoms with van der Waals surface area (Å²) in [7, 11) is 0. The van der Waals surface area contributed by atoms with Crippen LogP contribution >= 0.6 is 0 Å². The predicted octanol–water partition coefficient (Wildman–Crippen LogP) is 2.27. The van der Waals surface area contributed by atoms with Crippen LogP contribution in [-0.2, 0) is 9.53 Å². The van der Waals surface area contributed by atoms with Crippen LogP contribution in [0.25, 0.3) is 0 Å². The molecular weight excluding hydrogens is 192 g/mol. The molecule has 1 fully saturated rings. The molecule has 1 aliphatic rings. The molecule has 1 unspecified atom stereocenters. The first kappa shape index (κ1) is 12.5. The molecule has 0 amide bonds. The highest BCUT2D eigenvalue weighted by atomic mass is 16.5. The van der Waals surface area contributed by atoms with Crippen molar-refractivity contribution in [2.24, 2.45) is 5.92 Å². The first-order valence-corrected chi connectivity index (χ1v) is 6.02. The van der Waals surface area contributed by atoms with E-state index < -0.39 is 0 Å². The summed E-state index contributed by atoms with van der Waals surface area (Å²) in [5.41, 5.74) is 0. The van der Waals surface area contributed by atoms with E-state index in [1.807, 2.05) is 0 Å². The van der Waals surface area contributed by atoms with Crippen molar-refractivity contribution in [1.82, 2.24) is 0 Å². The molecular formula is C12H22O3. The van der Waals surface area contributed by atoms with Gasteiger partial charge in [0.05, 0.1) is 12.7 Å². The number of aliphatic hydroxyl groups is 1. The summed E-state index contributed by atoms with van der Waals surface area (Å²) in [6, 6.07) is 0. The maximum Gasteiger partial charge on any atom is 0.306 e. The molecule has 3 heteroatoms. The van der Waals surface area contributed by atoms with Gasteiger partial charge in [-0.3, -0.25) is 4.79 Å². The Kier molecular flexibility index (Phi) is 5.69. The van der Waals surface area contributed by atoms with Crippen LogP contribution in [0.15, 0.2) is 0 Å². The summed E-state index contributed by atoms with van der Waals surface area (Å²) >= 11 is 0. The van der Waals surface area contributed by atoms with Gasteiger partial charge in [0, 0.05) is 12.8 Å². The van der Waals surface area contributed by atoms with Gasteiger partial charge in [-0.1, -0.05) is 19.3 Å². The zero-order valence-electron chi connectivity index (χ0n) is 9.58. The summed E-state index contributed by atoms with van der Waals surface area (Å²) in [6.45, 7) is 2.05.